The molecule has 0 bridgehead atoms. The number of fused-ring (bicyclic) bond motifs is 6. The van der Waals surface area contributed by atoms with Crippen molar-refractivity contribution in [2.24, 2.45) is 5.92 Å². The summed E-state index contributed by atoms with van der Waals surface area (Å²) in [5.74, 6) is -1.18. The number of nitrogen functional groups attached to an aromatic ring is 1. The summed E-state index contributed by atoms with van der Waals surface area (Å²) in [5.41, 5.74) is 6.54. The number of nitrogens with two attached hydrogens (primary N) is 1. The van der Waals surface area contributed by atoms with E-state index in [0.717, 1.165) is 12.1 Å². The normalized spacial score (nSPS) is 22.0. The summed E-state index contributed by atoms with van der Waals surface area (Å²) < 4.78 is 62.4. The first-order valence-corrected chi connectivity index (χ1v) is 11.3. The van der Waals surface area contributed by atoms with E-state index in [0.29, 0.717) is 23.0 Å². The van der Waals surface area contributed by atoms with Crippen LogP contribution in [0.15, 0.2) is 36.8 Å². The van der Waals surface area contributed by atoms with Crippen LogP contribution in [0.3, 0.4) is 0 Å². The average molecular weight is 500 g/mol. The number of alkyl halides is 3. The zero-order valence-corrected chi connectivity index (χ0v) is 19.0. The van der Waals surface area contributed by atoms with E-state index in [2.05, 4.69) is 15.0 Å². The van der Waals surface area contributed by atoms with Crippen molar-refractivity contribution in [2.75, 3.05) is 12.3 Å². The number of ether oxygens (including phenoxy) is 1. The number of halogens is 4. The second-order valence-electron chi connectivity index (χ2n) is 9.29. The fraction of sp³-hybridized carbons (Fsp3) is 0.333. The Balaban J connectivity index is 1.46. The molecule has 186 valence electrons. The van der Waals surface area contributed by atoms with E-state index >= 15 is 4.39 Å². The lowest BCUT2D eigenvalue weighted by molar-refractivity contribution is -0.141. The van der Waals surface area contributed by atoms with Crippen LogP contribution in [-0.2, 0) is 17.5 Å². The Bertz CT molecular complexity index is 1530. The van der Waals surface area contributed by atoms with Gasteiger partial charge in [0.05, 0.1) is 53.6 Å². The Hall–Kier alpha value is -3.80. The Morgan fingerprint density at radius 1 is 1.19 bits per heavy atom. The first kappa shape index (κ1) is 22.7. The Kier molecular flexibility index (Phi) is 4.94. The Morgan fingerprint density at radius 2 is 2.00 bits per heavy atom. The van der Waals surface area contributed by atoms with Crippen molar-refractivity contribution in [3.05, 3.63) is 65.1 Å². The van der Waals surface area contributed by atoms with Gasteiger partial charge in [0.15, 0.2) is 0 Å². The van der Waals surface area contributed by atoms with Crippen molar-refractivity contribution in [1.82, 2.24) is 24.3 Å². The summed E-state index contributed by atoms with van der Waals surface area (Å²) in [5, 5.41) is 0. The van der Waals surface area contributed by atoms with Gasteiger partial charge in [0.2, 0.25) is 0 Å². The van der Waals surface area contributed by atoms with Gasteiger partial charge >= 0.3 is 6.18 Å². The standard InChI is InChI=1S/C24H20F4N6O2/c1-11-4-19-21(12-2-3-20(24(26,27)28)31-16(12)9-36-19)33(8-11)23(35)13-5-17-15(6-14(13)25)32-22(29)18-7-30-10-34(17)18/h2-3,5-7,10-11,19,21H,4,8-9H2,1H3,(H2,29,32)/t11-,19?,21+/m1/s1. The van der Waals surface area contributed by atoms with Gasteiger partial charge in [-0.2, -0.15) is 13.2 Å². The maximum absolute atomic E-state index is 15.3. The van der Waals surface area contributed by atoms with Gasteiger partial charge in [-0.1, -0.05) is 13.0 Å². The highest BCUT2D eigenvalue weighted by Crippen LogP contribution is 2.42. The molecule has 0 radical (unpaired) electrons. The van der Waals surface area contributed by atoms with Gasteiger partial charge < -0.3 is 15.4 Å². The molecule has 1 fully saturated rings. The number of carbonyl (C=O) groups is 1. The molecule has 1 amide bonds. The lowest BCUT2D eigenvalue weighted by Gasteiger charge is -2.46. The molecule has 3 atom stereocenters. The van der Waals surface area contributed by atoms with Crippen molar-refractivity contribution in [2.45, 2.75) is 38.3 Å². The monoisotopic (exact) mass is 500 g/mol. The van der Waals surface area contributed by atoms with Gasteiger partial charge in [0.1, 0.15) is 22.8 Å². The summed E-state index contributed by atoms with van der Waals surface area (Å²) in [6.45, 7) is 2.13. The molecule has 0 saturated carbocycles. The molecule has 36 heavy (non-hydrogen) atoms. The molecule has 1 aromatic carbocycles. The summed E-state index contributed by atoms with van der Waals surface area (Å²) in [6, 6.07) is 4.11. The highest BCUT2D eigenvalue weighted by Gasteiger charge is 2.44. The number of amides is 1. The number of rotatable bonds is 1. The van der Waals surface area contributed by atoms with Gasteiger partial charge in [0.25, 0.3) is 5.91 Å². The number of benzene rings is 1. The van der Waals surface area contributed by atoms with Crippen LogP contribution in [0.25, 0.3) is 16.6 Å². The first-order valence-electron chi connectivity index (χ1n) is 11.3. The second-order valence-corrected chi connectivity index (χ2v) is 9.29. The van der Waals surface area contributed by atoms with Crippen LogP contribution in [0, 0.1) is 11.7 Å². The van der Waals surface area contributed by atoms with Gasteiger partial charge in [-0.25, -0.2) is 19.3 Å². The SMILES string of the molecule is C[C@@H]1CC2OCc3nc(C(F)(F)F)ccc3[C@@H]2N(C(=O)c2cc3c(cc2F)nc(N)c2cncn23)C1. The summed E-state index contributed by atoms with van der Waals surface area (Å²) in [4.78, 5) is 27.3. The van der Waals surface area contributed by atoms with Gasteiger partial charge in [-0.05, 0) is 24.5 Å². The number of aromatic nitrogens is 4. The van der Waals surface area contributed by atoms with Crippen LogP contribution in [0.1, 0.15) is 46.7 Å². The zero-order chi connectivity index (χ0) is 25.4. The topological polar surface area (TPSA) is 98.6 Å². The number of carbonyl (C=O) groups excluding carboxylic acids is 1. The summed E-state index contributed by atoms with van der Waals surface area (Å²) in [7, 11) is 0. The van der Waals surface area contributed by atoms with E-state index in [4.69, 9.17) is 10.5 Å². The summed E-state index contributed by atoms with van der Waals surface area (Å²) >= 11 is 0. The van der Waals surface area contributed by atoms with Gasteiger partial charge in [0, 0.05) is 18.2 Å². The van der Waals surface area contributed by atoms with Crippen LogP contribution in [-0.4, -0.2) is 42.8 Å². The molecule has 4 aromatic rings. The van der Waals surface area contributed by atoms with Crippen molar-refractivity contribution in [3.8, 4) is 0 Å². The molecular weight excluding hydrogens is 480 g/mol. The minimum atomic E-state index is -4.60. The second kappa shape index (κ2) is 7.85. The fourth-order valence-electron chi connectivity index (χ4n) is 5.24. The number of pyridine rings is 1. The molecule has 1 unspecified atom stereocenters. The van der Waals surface area contributed by atoms with Gasteiger partial charge in [-0.15, -0.1) is 0 Å². The van der Waals surface area contributed by atoms with E-state index in [1.165, 1.54) is 29.6 Å². The Labute approximate surface area is 201 Å². The molecule has 1 saturated heterocycles. The van der Waals surface area contributed by atoms with Crippen LogP contribution in [0.4, 0.5) is 23.4 Å². The van der Waals surface area contributed by atoms with Crippen molar-refractivity contribution < 1.29 is 27.1 Å². The van der Waals surface area contributed by atoms with Crippen molar-refractivity contribution in [3.63, 3.8) is 0 Å². The maximum atomic E-state index is 15.3. The van der Waals surface area contributed by atoms with E-state index in [-0.39, 0.29) is 41.7 Å². The lowest BCUT2D eigenvalue weighted by atomic mass is 9.84. The van der Waals surface area contributed by atoms with Crippen molar-refractivity contribution in [1.29, 1.82) is 0 Å². The molecule has 6 rings (SSSR count). The fourth-order valence-corrected chi connectivity index (χ4v) is 5.24. The third kappa shape index (κ3) is 3.47. The summed E-state index contributed by atoms with van der Waals surface area (Å²) in [6.07, 6.45) is -1.44. The van der Waals surface area contributed by atoms with E-state index in [1.54, 1.807) is 4.40 Å². The lowest BCUT2D eigenvalue weighted by Crippen LogP contribution is -2.51. The zero-order valence-electron chi connectivity index (χ0n) is 19.0. The maximum Gasteiger partial charge on any atom is 0.433 e. The number of likely N-dealkylation sites (tertiary alicyclic amines) is 1. The van der Waals surface area contributed by atoms with Gasteiger partial charge in [-0.3, -0.25) is 9.20 Å². The number of nitrogens with zero attached hydrogens (tertiary/aromatic N) is 5. The molecule has 12 heteroatoms. The smallest absolute Gasteiger partial charge is 0.382 e. The minimum absolute atomic E-state index is 0.0319. The number of piperidine rings is 1. The largest absolute Gasteiger partial charge is 0.433 e. The van der Waals surface area contributed by atoms with Crippen LogP contribution >= 0.6 is 0 Å². The number of anilines is 1. The van der Waals surface area contributed by atoms with E-state index in [9.17, 15) is 18.0 Å². The van der Waals surface area contributed by atoms with Crippen LogP contribution in [0.2, 0.25) is 0 Å². The van der Waals surface area contributed by atoms with E-state index in [1.807, 2.05) is 6.92 Å². The highest BCUT2D eigenvalue weighted by molar-refractivity contribution is 5.99. The third-order valence-corrected chi connectivity index (χ3v) is 6.84. The molecule has 0 spiro atoms. The molecule has 0 aliphatic carbocycles. The minimum Gasteiger partial charge on any atom is -0.382 e. The first-order chi connectivity index (χ1) is 17.1. The molecule has 2 aliphatic rings. The van der Waals surface area contributed by atoms with Crippen LogP contribution < -0.4 is 5.73 Å². The molecule has 3 aromatic heterocycles. The molecule has 2 N–H and O–H groups in total. The van der Waals surface area contributed by atoms with Crippen LogP contribution in [0.5, 0.6) is 0 Å². The highest BCUT2D eigenvalue weighted by atomic mass is 19.4. The number of hydrogen-bond acceptors (Lipinski definition) is 6. The molecule has 8 nitrogen and oxygen atoms in total. The molecule has 2 aliphatic heterocycles. The Morgan fingerprint density at radius 3 is 2.78 bits per heavy atom. The molecule has 5 heterocycles. The molecular formula is C24H20F4N6O2. The van der Waals surface area contributed by atoms with E-state index < -0.39 is 35.7 Å². The quantitative estimate of drug-likeness (QED) is 0.395. The van der Waals surface area contributed by atoms with Crippen molar-refractivity contribution >= 4 is 28.3 Å². The number of imidazole rings is 1. The third-order valence-electron chi connectivity index (χ3n) is 6.84. The predicted octanol–water partition coefficient (Wildman–Crippen LogP) is 4.14. The number of hydrogen-bond donors (Lipinski definition) is 1. The predicted molar refractivity (Wildman–Crippen MR) is 120 cm³/mol. The average Bonchev–Trinajstić information content (AvgIpc) is 3.32.